The molecule has 2 aromatic carbocycles. The van der Waals surface area contributed by atoms with Gasteiger partial charge in [0.05, 0.1) is 0 Å². The highest BCUT2D eigenvalue weighted by Gasteiger charge is 2.38. The first-order valence-corrected chi connectivity index (χ1v) is 13.4. The van der Waals surface area contributed by atoms with Crippen LogP contribution in [0.15, 0.2) is 73.3 Å². The summed E-state index contributed by atoms with van der Waals surface area (Å²) in [6.07, 6.45) is 2.81. The third-order valence-corrected chi connectivity index (χ3v) is 6.93. The second kappa shape index (κ2) is 13.5. The number of hydrogen-bond acceptors (Lipinski definition) is 6. The molecule has 2 atom stereocenters. The van der Waals surface area contributed by atoms with Crippen LogP contribution in [-0.2, 0) is 9.47 Å². The third-order valence-electron chi connectivity index (χ3n) is 5.98. The van der Waals surface area contributed by atoms with Gasteiger partial charge in [0.2, 0.25) is 0 Å². The Hall–Kier alpha value is -2.77. The molecule has 1 aliphatic rings. The Labute approximate surface area is 219 Å². The van der Waals surface area contributed by atoms with Crippen LogP contribution in [0.25, 0.3) is 0 Å². The molecule has 0 aliphatic carbocycles. The summed E-state index contributed by atoms with van der Waals surface area (Å²) >= 11 is 1.16. The summed E-state index contributed by atoms with van der Waals surface area (Å²) in [6, 6.07) is 21.0. The molecule has 6 nitrogen and oxygen atoms in total. The van der Waals surface area contributed by atoms with Crippen LogP contribution in [0, 0.1) is 0 Å². The maximum absolute atomic E-state index is 12.7. The van der Waals surface area contributed by atoms with E-state index in [0.29, 0.717) is 19.5 Å². The molecule has 1 heterocycles. The van der Waals surface area contributed by atoms with Crippen molar-refractivity contribution >= 4 is 23.2 Å². The van der Waals surface area contributed by atoms with E-state index in [-0.39, 0.29) is 35.2 Å². The molecule has 3 rings (SSSR count). The smallest absolute Gasteiger partial charge is 0.410 e. The van der Waals surface area contributed by atoms with Gasteiger partial charge in [-0.3, -0.25) is 0 Å². The van der Waals surface area contributed by atoms with Crippen molar-refractivity contribution in [1.29, 1.82) is 0 Å². The number of ether oxygens (including phenoxy) is 2. The number of nitrogens with zero attached hydrogens (tertiary/aromatic N) is 1. The number of rotatable bonds is 10. The normalized spacial score (nSPS) is 17.7. The molecular formula is C29H38N2O4S. The first-order valence-electron chi connectivity index (χ1n) is 12.5. The van der Waals surface area contributed by atoms with Crippen LogP contribution in [0.1, 0.15) is 50.7 Å². The summed E-state index contributed by atoms with van der Waals surface area (Å²) in [7, 11) is 0. The van der Waals surface area contributed by atoms with E-state index in [9.17, 15) is 9.59 Å². The van der Waals surface area contributed by atoms with E-state index in [0.717, 1.165) is 24.7 Å². The highest BCUT2D eigenvalue weighted by Crippen LogP contribution is 2.31. The van der Waals surface area contributed by atoms with E-state index < -0.39 is 5.60 Å². The second-order valence-electron chi connectivity index (χ2n) is 9.98. The van der Waals surface area contributed by atoms with Crippen molar-refractivity contribution in [2.45, 2.75) is 56.4 Å². The highest BCUT2D eigenvalue weighted by molar-refractivity contribution is 8.13. The maximum Gasteiger partial charge on any atom is 0.410 e. The number of thioether (sulfide) groups is 1. The molecular weight excluding hydrogens is 472 g/mol. The molecule has 1 fully saturated rings. The van der Waals surface area contributed by atoms with Crippen LogP contribution in [0.2, 0.25) is 0 Å². The molecule has 0 bridgehead atoms. The summed E-state index contributed by atoms with van der Waals surface area (Å²) < 4.78 is 10.8. The number of carbonyl (C=O) groups excluding carboxylic acids is 2. The lowest BCUT2D eigenvalue weighted by Gasteiger charge is -2.24. The average Bonchev–Trinajstić information content (AvgIpc) is 3.24. The SMILES string of the molecule is C=CCOC(=O)N1C[C@@H](SC(=O)OC(C)(C)C)C[C@H]1CNCCC(c1ccccc1)c1ccccc1. The van der Waals surface area contributed by atoms with Gasteiger partial charge in [0.15, 0.2) is 0 Å². The minimum absolute atomic E-state index is 0.0377. The van der Waals surface area contributed by atoms with E-state index in [1.165, 1.54) is 11.1 Å². The van der Waals surface area contributed by atoms with Crippen molar-refractivity contribution in [2.24, 2.45) is 0 Å². The van der Waals surface area contributed by atoms with Gasteiger partial charge in [-0.1, -0.05) is 73.3 Å². The van der Waals surface area contributed by atoms with Gasteiger partial charge < -0.3 is 19.7 Å². The maximum atomic E-state index is 12.7. The lowest BCUT2D eigenvalue weighted by atomic mass is 9.88. The summed E-state index contributed by atoms with van der Waals surface area (Å²) in [5.41, 5.74) is 2.03. The Morgan fingerprint density at radius 3 is 2.28 bits per heavy atom. The van der Waals surface area contributed by atoms with E-state index >= 15 is 0 Å². The van der Waals surface area contributed by atoms with E-state index in [1.54, 1.807) is 11.0 Å². The van der Waals surface area contributed by atoms with Gasteiger partial charge in [0, 0.05) is 30.3 Å². The number of hydrogen-bond donors (Lipinski definition) is 1. The quantitative estimate of drug-likeness (QED) is 0.232. The van der Waals surface area contributed by atoms with Gasteiger partial charge in [-0.05, 0) is 63.0 Å². The Morgan fingerprint density at radius 1 is 1.11 bits per heavy atom. The Bertz CT molecular complexity index is 938. The van der Waals surface area contributed by atoms with Gasteiger partial charge in [0.25, 0.3) is 0 Å². The molecule has 0 aromatic heterocycles. The highest BCUT2D eigenvalue weighted by atomic mass is 32.2. The first-order chi connectivity index (χ1) is 17.3. The summed E-state index contributed by atoms with van der Waals surface area (Å²) in [5, 5.41) is 3.21. The van der Waals surface area contributed by atoms with Crippen molar-refractivity contribution < 1.29 is 19.1 Å². The summed E-state index contributed by atoms with van der Waals surface area (Å²) in [4.78, 5) is 26.8. The molecule has 7 heteroatoms. The predicted molar refractivity (Wildman–Crippen MR) is 146 cm³/mol. The lowest BCUT2D eigenvalue weighted by molar-refractivity contribution is 0.0736. The van der Waals surface area contributed by atoms with Gasteiger partial charge in [-0.2, -0.15) is 0 Å². The average molecular weight is 511 g/mol. The Balaban J connectivity index is 1.59. The molecule has 2 aromatic rings. The number of amides is 1. The zero-order valence-electron chi connectivity index (χ0n) is 21.5. The molecule has 0 radical (unpaired) electrons. The van der Waals surface area contributed by atoms with E-state index in [4.69, 9.17) is 9.47 Å². The molecule has 36 heavy (non-hydrogen) atoms. The zero-order chi connectivity index (χ0) is 26.0. The molecule has 1 aliphatic heterocycles. The number of carbonyl (C=O) groups is 2. The minimum atomic E-state index is -0.541. The van der Waals surface area contributed by atoms with Crippen LogP contribution in [0.3, 0.4) is 0 Å². The van der Waals surface area contributed by atoms with Crippen molar-refractivity contribution in [3.05, 3.63) is 84.4 Å². The summed E-state index contributed by atoms with van der Waals surface area (Å²) in [5.74, 6) is 0.285. The van der Waals surface area contributed by atoms with Crippen molar-refractivity contribution in [1.82, 2.24) is 10.2 Å². The van der Waals surface area contributed by atoms with Crippen molar-refractivity contribution in [3.63, 3.8) is 0 Å². The van der Waals surface area contributed by atoms with Crippen molar-refractivity contribution in [3.8, 4) is 0 Å². The minimum Gasteiger partial charge on any atom is -0.452 e. The molecule has 1 N–H and O–H groups in total. The number of nitrogens with one attached hydrogen (secondary N) is 1. The Morgan fingerprint density at radius 2 is 1.72 bits per heavy atom. The molecule has 1 amide bonds. The molecule has 194 valence electrons. The van der Waals surface area contributed by atoms with E-state index in [2.05, 4.69) is 60.4 Å². The number of likely N-dealkylation sites (tertiary alicyclic amines) is 1. The van der Waals surface area contributed by atoms with E-state index in [1.807, 2.05) is 32.9 Å². The lowest BCUT2D eigenvalue weighted by Crippen LogP contribution is -2.42. The first kappa shape index (κ1) is 27.8. The predicted octanol–water partition coefficient (Wildman–Crippen LogP) is 6.23. The largest absolute Gasteiger partial charge is 0.452 e. The number of benzene rings is 2. The van der Waals surface area contributed by atoms with Crippen LogP contribution in [0.5, 0.6) is 0 Å². The fourth-order valence-electron chi connectivity index (χ4n) is 4.41. The fraction of sp³-hybridized carbons (Fsp3) is 0.448. The monoisotopic (exact) mass is 510 g/mol. The van der Waals surface area contributed by atoms with Crippen LogP contribution >= 0.6 is 11.8 Å². The van der Waals surface area contributed by atoms with Crippen LogP contribution in [0.4, 0.5) is 9.59 Å². The second-order valence-corrected chi connectivity index (χ2v) is 11.2. The fourth-order valence-corrected chi connectivity index (χ4v) is 5.53. The topological polar surface area (TPSA) is 67.9 Å². The van der Waals surface area contributed by atoms with Gasteiger partial charge in [-0.25, -0.2) is 9.59 Å². The third kappa shape index (κ3) is 8.71. The standard InChI is InChI=1S/C29H38N2O4S/c1-5-18-34-27(32)31-21-25(36-28(33)35-29(2,3)4)19-24(31)20-30-17-16-26(22-12-8-6-9-13-22)23-14-10-7-11-15-23/h5-15,24-26,30H,1,16-21H2,2-4H3/t24-,25-/m0/s1. The van der Waals surface area contributed by atoms with Crippen LogP contribution in [-0.4, -0.2) is 59.4 Å². The van der Waals surface area contributed by atoms with Crippen molar-refractivity contribution in [2.75, 3.05) is 26.2 Å². The van der Waals surface area contributed by atoms with Crippen LogP contribution < -0.4 is 5.32 Å². The molecule has 0 unspecified atom stereocenters. The molecule has 0 saturated carbocycles. The zero-order valence-corrected chi connectivity index (χ0v) is 22.3. The molecule has 1 saturated heterocycles. The van der Waals surface area contributed by atoms with Gasteiger partial charge in [-0.15, -0.1) is 0 Å². The molecule has 0 spiro atoms. The van der Waals surface area contributed by atoms with Gasteiger partial charge >= 0.3 is 11.4 Å². The summed E-state index contributed by atoms with van der Waals surface area (Å²) in [6.45, 7) is 11.2. The van der Waals surface area contributed by atoms with Gasteiger partial charge in [0.1, 0.15) is 12.2 Å². The Kier molecular flexibility index (Phi) is 10.4.